The predicted molar refractivity (Wildman–Crippen MR) is 75.5 cm³/mol. The number of aromatic carboxylic acids is 1. The maximum Gasteiger partial charge on any atom is 0.346 e. The van der Waals surface area contributed by atoms with Crippen LogP contribution in [0.25, 0.3) is 10.2 Å². The molecule has 0 aromatic carbocycles. The fourth-order valence-electron chi connectivity index (χ4n) is 2.19. The topological polar surface area (TPSA) is 72.2 Å². The van der Waals surface area contributed by atoms with Crippen molar-refractivity contribution in [2.45, 2.75) is 33.2 Å². The van der Waals surface area contributed by atoms with Crippen molar-refractivity contribution < 1.29 is 14.3 Å². The molecule has 0 radical (unpaired) electrons. The first-order chi connectivity index (χ1) is 9.51. The minimum Gasteiger partial charge on any atom is -0.477 e. The molecule has 108 valence electrons. The molecule has 2 rings (SSSR count). The van der Waals surface area contributed by atoms with Gasteiger partial charge in [-0.25, -0.2) is 14.2 Å². The number of alkyl halides is 1. The van der Waals surface area contributed by atoms with Gasteiger partial charge in [0.15, 0.2) is 0 Å². The first-order valence-electron chi connectivity index (χ1n) is 6.33. The first-order valence-corrected chi connectivity index (χ1v) is 7.15. The zero-order valence-corrected chi connectivity index (χ0v) is 12.1. The van der Waals surface area contributed by atoms with E-state index in [9.17, 15) is 14.0 Å². The number of carboxylic acids is 1. The minimum atomic E-state index is -1.07. The summed E-state index contributed by atoms with van der Waals surface area (Å²) in [4.78, 5) is 28.5. The molecule has 0 saturated heterocycles. The Morgan fingerprint density at radius 1 is 1.50 bits per heavy atom. The number of rotatable bonds is 5. The highest BCUT2D eigenvalue weighted by atomic mass is 32.1. The Kier molecular flexibility index (Phi) is 4.17. The largest absolute Gasteiger partial charge is 0.477 e. The zero-order valence-electron chi connectivity index (χ0n) is 11.3. The van der Waals surface area contributed by atoms with E-state index in [2.05, 4.69) is 4.98 Å². The molecule has 0 aliphatic carbocycles. The number of fused-ring (bicyclic) bond motifs is 1. The van der Waals surface area contributed by atoms with Crippen LogP contribution in [0.4, 0.5) is 4.39 Å². The third kappa shape index (κ3) is 2.33. The fourth-order valence-corrected chi connectivity index (χ4v) is 3.22. The lowest BCUT2D eigenvalue weighted by atomic mass is 10.2. The lowest BCUT2D eigenvalue weighted by molar-refractivity contribution is 0.0701. The molecule has 5 nitrogen and oxygen atoms in total. The van der Waals surface area contributed by atoms with E-state index in [0.717, 1.165) is 17.8 Å². The average Bonchev–Trinajstić information content (AvgIpc) is 2.72. The third-order valence-electron chi connectivity index (χ3n) is 3.11. The second-order valence-electron chi connectivity index (χ2n) is 4.47. The highest BCUT2D eigenvalue weighted by Gasteiger charge is 2.20. The van der Waals surface area contributed by atoms with Crippen LogP contribution in [-0.4, -0.2) is 27.3 Å². The summed E-state index contributed by atoms with van der Waals surface area (Å²) in [6, 6.07) is 0. The lowest BCUT2D eigenvalue weighted by Crippen LogP contribution is -2.26. The molecule has 2 aromatic heterocycles. The summed E-state index contributed by atoms with van der Waals surface area (Å²) < 4.78 is 14.0. The number of halogens is 1. The lowest BCUT2D eigenvalue weighted by Gasteiger charge is -2.09. The summed E-state index contributed by atoms with van der Waals surface area (Å²) in [5.74, 6) is -0.556. The monoisotopic (exact) mass is 298 g/mol. The summed E-state index contributed by atoms with van der Waals surface area (Å²) in [5, 5.41) is 9.41. The summed E-state index contributed by atoms with van der Waals surface area (Å²) in [7, 11) is 0. The van der Waals surface area contributed by atoms with Gasteiger partial charge >= 0.3 is 5.97 Å². The van der Waals surface area contributed by atoms with Crippen LogP contribution >= 0.6 is 11.3 Å². The van der Waals surface area contributed by atoms with Crippen molar-refractivity contribution in [3.63, 3.8) is 0 Å². The molecule has 0 aliphatic heterocycles. The van der Waals surface area contributed by atoms with Crippen LogP contribution in [0.2, 0.25) is 0 Å². The Balaban J connectivity index is 2.80. The van der Waals surface area contributed by atoms with Gasteiger partial charge in [-0.2, -0.15) is 0 Å². The van der Waals surface area contributed by atoms with Gasteiger partial charge in [-0.3, -0.25) is 9.36 Å². The average molecular weight is 298 g/mol. The molecule has 0 atom stereocenters. The van der Waals surface area contributed by atoms with Crippen molar-refractivity contribution in [1.82, 2.24) is 9.55 Å². The van der Waals surface area contributed by atoms with Crippen LogP contribution in [0.3, 0.4) is 0 Å². The van der Waals surface area contributed by atoms with Crippen molar-refractivity contribution >= 4 is 27.5 Å². The number of hydrogen-bond donors (Lipinski definition) is 1. The molecule has 0 fully saturated rings. The van der Waals surface area contributed by atoms with Crippen LogP contribution in [0, 0.1) is 6.92 Å². The van der Waals surface area contributed by atoms with Crippen molar-refractivity contribution in [1.29, 1.82) is 0 Å². The van der Waals surface area contributed by atoms with E-state index < -0.39 is 12.6 Å². The number of carboxylic acid groups (broad SMARTS) is 1. The number of nitrogens with zero attached hydrogens (tertiary/aromatic N) is 2. The third-order valence-corrected chi connectivity index (χ3v) is 4.28. The molecule has 0 saturated carbocycles. The van der Waals surface area contributed by atoms with Crippen LogP contribution in [0.5, 0.6) is 0 Å². The van der Waals surface area contributed by atoms with Gasteiger partial charge < -0.3 is 5.11 Å². The zero-order chi connectivity index (χ0) is 14.9. The van der Waals surface area contributed by atoms with Gasteiger partial charge in [0, 0.05) is 6.42 Å². The van der Waals surface area contributed by atoms with Crippen molar-refractivity contribution in [3.05, 3.63) is 26.6 Å². The SMILES string of the molecule is CCCc1nc2sc(C(=O)O)c(C)c2c(=O)n1CCF. The normalized spacial score (nSPS) is 11.2. The molecule has 2 heterocycles. The van der Waals surface area contributed by atoms with Gasteiger partial charge in [0.25, 0.3) is 5.56 Å². The summed E-state index contributed by atoms with van der Waals surface area (Å²) in [5.41, 5.74) is 0.0583. The molecule has 20 heavy (non-hydrogen) atoms. The summed E-state index contributed by atoms with van der Waals surface area (Å²) in [6.45, 7) is 2.83. The maximum absolute atomic E-state index is 12.6. The van der Waals surface area contributed by atoms with Crippen LogP contribution in [-0.2, 0) is 13.0 Å². The van der Waals surface area contributed by atoms with Crippen LogP contribution in [0.1, 0.15) is 34.4 Å². The first kappa shape index (κ1) is 14.6. The fraction of sp³-hybridized carbons (Fsp3) is 0.462. The van der Waals surface area contributed by atoms with E-state index in [1.54, 1.807) is 6.92 Å². The standard InChI is InChI=1S/C13H15FN2O3S/c1-3-4-8-15-11-9(12(17)16(8)6-5-14)7(2)10(20-11)13(18)19/h3-6H2,1-2H3,(H,18,19). The molecule has 0 spiro atoms. The molecule has 0 amide bonds. The molecule has 0 unspecified atom stereocenters. The molecule has 0 bridgehead atoms. The Morgan fingerprint density at radius 3 is 2.75 bits per heavy atom. The molecule has 2 aromatic rings. The number of hydrogen-bond acceptors (Lipinski definition) is 4. The molecular formula is C13H15FN2O3S. The van der Waals surface area contributed by atoms with Gasteiger partial charge in [-0.1, -0.05) is 6.92 Å². The predicted octanol–water partition coefficient (Wildman–Crippen LogP) is 2.39. The molecular weight excluding hydrogens is 283 g/mol. The van der Waals surface area contributed by atoms with Crippen molar-refractivity contribution in [2.75, 3.05) is 6.67 Å². The van der Waals surface area contributed by atoms with Crippen molar-refractivity contribution in [2.24, 2.45) is 0 Å². The summed E-state index contributed by atoms with van der Waals surface area (Å²) >= 11 is 0.995. The molecule has 1 N–H and O–H groups in total. The van der Waals surface area contributed by atoms with Gasteiger partial charge in [-0.15, -0.1) is 11.3 Å². The van der Waals surface area contributed by atoms with Gasteiger partial charge in [0.05, 0.1) is 11.9 Å². The number of aromatic nitrogens is 2. The van der Waals surface area contributed by atoms with E-state index >= 15 is 0 Å². The quantitative estimate of drug-likeness (QED) is 0.920. The van der Waals surface area contributed by atoms with E-state index in [0.29, 0.717) is 28.0 Å². The Morgan fingerprint density at radius 2 is 2.20 bits per heavy atom. The second-order valence-corrected chi connectivity index (χ2v) is 5.46. The second kappa shape index (κ2) is 5.70. The van der Waals surface area contributed by atoms with Gasteiger partial charge in [0.2, 0.25) is 0 Å². The highest BCUT2D eigenvalue weighted by molar-refractivity contribution is 7.20. The number of aryl methyl sites for hydroxylation is 2. The van der Waals surface area contributed by atoms with Gasteiger partial charge in [-0.05, 0) is 18.9 Å². The molecule has 0 aliphatic rings. The van der Waals surface area contributed by atoms with Crippen LogP contribution < -0.4 is 5.56 Å². The van der Waals surface area contributed by atoms with E-state index in [-0.39, 0.29) is 17.0 Å². The van der Waals surface area contributed by atoms with E-state index in [1.807, 2.05) is 6.92 Å². The Hall–Kier alpha value is -1.76. The molecule has 7 heteroatoms. The van der Waals surface area contributed by atoms with E-state index in [4.69, 9.17) is 5.11 Å². The highest BCUT2D eigenvalue weighted by Crippen LogP contribution is 2.27. The number of carbonyl (C=O) groups is 1. The Labute approximate surface area is 118 Å². The number of thiophene rings is 1. The maximum atomic E-state index is 12.6. The smallest absolute Gasteiger partial charge is 0.346 e. The Bertz CT molecular complexity index is 720. The summed E-state index contributed by atoms with van der Waals surface area (Å²) in [6.07, 6.45) is 1.34. The minimum absolute atomic E-state index is 0.0468. The van der Waals surface area contributed by atoms with Crippen LogP contribution in [0.15, 0.2) is 4.79 Å². The van der Waals surface area contributed by atoms with E-state index in [1.165, 1.54) is 4.57 Å². The van der Waals surface area contributed by atoms with Crippen molar-refractivity contribution in [3.8, 4) is 0 Å². The van der Waals surface area contributed by atoms with Gasteiger partial charge in [0.1, 0.15) is 22.2 Å².